The van der Waals surface area contributed by atoms with Crippen LogP contribution in [0.15, 0.2) is 0 Å². The second-order valence-corrected chi connectivity index (χ2v) is 10.0. The zero-order valence-corrected chi connectivity index (χ0v) is 10.1. The molecule has 1 saturated heterocycles. The first-order valence-electron chi connectivity index (χ1n) is 4.39. The Balaban J connectivity index is 2.50. The zero-order chi connectivity index (χ0) is 10.1. The molecule has 1 fully saturated rings. The predicted molar refractivity (Wildman–Crippen MR) is 52.6 cm³/mol. The van der Waals surface area contributed by atoms with Crippen LogP contribution in [-0.4, -0.2) is 35.2 Å². The van der Waals surface area contributed by atoms with Crippen LogP contribution in [0.4, 0.5) is 0 Å². The first-order valence-corrected chi connectivity index (χ1v) is 9.09. The summed E-state index contributed by atoms with van der Waals surface area (Å²) < 4.78 is 32.2. The lowest BCUT2D eigenvalue weighted by molar-refractivity contribution is 0.171. The average Bonchev–Trinajstić information content (AvgIpc) is 2.29. The van der Waals surface area contributed by atoms with Gasteiger partial charge in [-0.3, -0.25) is 4.18 Å². The van der Waals surface area contributed by atoms with E-state index in [4.69, 9.17) is 4.43 Å². The van der Waals surface area contributed by atoms with Crippen LogP contribution in [0.25, 0.3) is 0 Å². The molecule has 0 bridgehead atoms. The fraction of sp³-hybridized carbons (Fsp3) is 1.00. The Labute approximate surface area is 80.5 Å². The third kappa shape index (κ3) is 3.38. The third-order valence-corrected chi connectivity index (χ3v) is 6.11. The molecule has 4 nitrogen and oxygen atoms in total. The van der Waals surface area contributed by atoms with Crippen molar-refractivity contribution in [3.63, 3.8) is 0 Å². The molecule has 13 heavy (non-hydrogen) atoms. The molecule has 0 spiro atoms. The van der Waals surface area contributed by atoms with Gasteiger partial charge in [-0.1, -0.05) is 6.92 Å². The highest BCUT2D eigenvalue weighted by Crippen LogP contribution is 2.18. The minimum Gasteiger partial charge on any atom is -0.411 e. The Hall–Kier alpha value is 0.0869. The van der Waals surface area contributed by atoms with Gasteiger partial charge in [-0.15, -0.1) is 0 Å². The van der Waals surface area contributed by atoms with Crippen molar-refractivity contribution in [2.24, 2.45) is 0 Å². The summed E-state index contributed by atoms with van der Waals surface area (Å²) in [5.41, 5.74) is 0. The largest absolute Gasteiger partial charge is 0.411 e. The third-order valence-electron chi connectivity index (χ3n) is 2.16. The summed E-state index contributed by atoms with van der Waals surface area (Å²) in [6, 6.07) is 0.990. The molecule has 0 aromatic heterocycles. The Kier molecular flexibility index (Phi) is 3.16. The summed E-state index contributed by atoms with van der Waals surface area (Å²) in [6.07, 6.45) is -0.244. The van der Waals surface area contributed by atoms with Gasteiger partial charge in [0.2, 0.25) is 0 Å². The molecule has 1 aliphatic heterocycles. The van der Waals surface area contributed by atoms with E-state index in [1.54, 1.807) is 0 Å². The van der Waals surface area contributed by atoms with Crippen LogP contribution in [0.5, 0.6) is 0 Å². The minimum atomic E-state index is -3.28. The Morgan fingerprint density at radius 3 is 2.54 bits per heavy atom. The van der Waals surface area contributed by atoms with Gasteiger partial charge in [0.15, 0.2) is 8.32 Å². The van der Waals surface area contributed by atoms with Gasteiger partial charge in [0.05, 0.1) is 12.7 Å². The van der Waals surface area contributed by atoms with Gasteiger partial charge in [-0.05, 0) is 19.1 Å². The van der Waals surface area contributed by atoms with E-state index < -0.39 is 18.4 Å². The van der Waals surface area contributed by atoms with Crippen molar-refractivity contribution in [2.45, 2.75) is 32.2 Å². The van der Waals surface area contributed by atoms with E-state index in [9.17, 15) is 8.42 Å². The summed E-state index contributed by atoms with van der Waals surface area (Å²) in [5.74, 6) is 0.0173. The smallest absolute Gasteiger partial charge is 0.270 e. The standard InChI is InChI=1S/C7H16O4SSi/c1-4-13(2,3)11-7-5-10-12(8,9)6-7/h7H,4-6H2,1-3H3. The molecule has 6 heteroatoms. The van der Waals surface area contributed by atoms with Gasteiger partial charge < -0.3 is 4.43 Å². The van der Waals surface area contributed by atoms with E-state index in [-0.39, 0.29) is 18.5 Å². The highest BCUT2D eigenvalue weighted by Gasteiger charge is 2.34. The molecular weight excluding hydrogens is 208 g/mol. The van der Waals surface area contributed by atoms with E-state index in [2.05, 4.69) is 24.2 Å². The van der Waals surface area contributed by atoms with Crippen molar-refractivity contribution in [3.05, 3.63) is 0 Å². The summed E-state index contributed by atoms with van der Waals surface area (Å²) in [6.45, 7) is 6.42. The monoisotopic (exact) mass is 224 g/mol. The highest BCUT2D eigenvalue weighted by molar-refractivity contribution is 7.87. The maximum Gasteiger partial charge on any atom is 0.270 e. The fourth-order valence-electron chi connectivity index (χ4n) is 1.11. The summed E-state index contributed by atoms with van der Waals surface area (Å²) in [5, 5.41) is 0. The van der Waals surface area contributed by atoms with E-state index in [1.807, 2.05) is 0 Å². The Bertz CT molecular complexity index is 272. The second-order valence-electron chi connectivity index (χ2n) is 3.86. The van der Waals surface area contributed by atoms with Crippen LogP contribution in [0, 0.1) is 0 Å². The molecule has 0 N–H and O–H groups in total. The van der Waals surface area contributed by atoms with Crippen molar-refractivity contribution in [1.29, 1.82) is 0 Å². The SMILES string of the molecule is CC[Si](C)(C)OC1COS(=O)(=O)C1. The second kappa shape index (κ2) is 3.68. The van der Waals surface area contributed by atoms with Gasteiger partial charge in [0.25, 0.3) is 10.1 Å². The lowest BCUT2D eigenvalue weighted by Gasteiger charge is -2.24. The summed E-state index contributed by atoms with van der Waals surface area (Å²) in [4.78, 5) is 0. The molecule has 1 unspecified atom stereocenters. The predicted octanol–water partition coefficient (Wildman–Crippen LogP) is 0.957. The fourth-order valence-corrected chi connectivity index (χ4v) is 3.52. The van der Waals surface area contributed by atoms with Crippen LogP contribution in [0.3, 0.4) is 0 Å². The summed E-state index contributed by atoms with van der Waals surface area (Å²) >= 11 is 0. The average molecular weight is 224 g/mol. The molecule has 1 heterocycles. The topological polar surface area (TPSA) is 52.6 Å². The van der Waals surface area contributed by atoms with E-state index >= 15 is 0 Å². The minimum absolute atomic E-state index is 0.0173. The molecule has 0 aromatic rings. The number of rotatable bonds is 3. The van der Waals surface area contributed by atoms with Gasteiger partial charge in [0, 0.05) is 0 Å². The molecule has 1 rings (SSSR count). The van der Waals surface area contributed by atoms with Crippen molar-refractivity contribution >= 4 is 18.4 Å². The lowest BCUT2D eigenvalue weighted by atomic mass is 10.5. The molecule has 0 radical (unpaired) electrons. The normalized spacial score (nSPS) is 27.8. The Morgan fingerprint density at radius 2 is 2.15 bits per heavy atom. The first kappa shape index (κ1) is 11.2. The van der Waals surface area contributed by atoms with Gasteiger partial charge >= 0.3 is 0 Å². The molecule has 0 aromatic carbocycles. The van der Waals surface area contributed by atoms with Crippen LogP contribution in [0.1, 0.15) is 6.92 Å². The van der Waals surface area contributed by atoms with Gasteiger partial charge in [-0.25, -0.2) is 0 Å². The maximum absolute atomic E-state index is 10.9. The zero-order valence-electron chi connectivity index (χ0n) is 8.24. The highest BCUT2D eigenvalue weighted by atomic mass is 32.2. The van der Waals surface area contributed by atoms with Crippen LogP contribution in [-0.2, 0) is 18.7 Å². The quantitative estimate of drug-likeness (QED) is 0.529. The van der Waals surface area contributed by atoms with Crippen molar-refractivity contribution in [3.8, 4) is 0 Å². The molecule has 0 aliphatic carbocycles. The van der Waals surface area contributed by atoms with Gasteiger partial charge in [0.1, 0.15) is 5.75 Å². The van der Waals surface area contributed by atoms with Gasteiger partial charge in [-0.2, -0.15) is 8.42 Å². The molecule has 0 saturated carbocycles. The molecule has 78 valence electrons. The number of hydrogen-bond acceptors (Lipinski definition) is 4. The maximum atomic E-state index is 10.9. The van der Waals surface area contributed by atoms with Crippen molar-refractivity contribution in [2.75, 3.05) is 12.4 Å². The van der Waals surface area contributed by atoms with Crippen molar-refractivity contribution in [1.82, 2.24) is 0 Å². The van der Waals surface area contributed by atoms with Crippen LogP contribution in [0.2, 0.25) is 19.1 Å². The van der Waals surface area contributed by atoms with E-state index in [0.29, 0.717) is 0 Å². The lowest BCUT2D eigenvalue weighted by Crippen LogP contribution is -2.36. The molecular formula is C7H16O4SSi. The Morgan fingerprint density at radius 1 is 1.54 bits per heavy atom. The van der Waals surface area contributed by atoms with Crippen LogP contribution >= 0.6 is 0 Å². The first-order chi connectivity index (χ1) is 5.85. The summed E-state index contributed by atoms with van der Waals surface area (Å²) in [7, 11) is -4.93. The molecule has 1 atom stereocenters. The molecule has 1 aliphatic rings. The van der Waals surface area contributed by atoms with E-state index in [0.717, 1.165) is 6.04 Å². The molecule has 0 amide bonds. The number of hydrogen-bond donors (Lipinski definition) is 0. The van der Waals surface area contributed by atoms with E-state index in [1.165, 1.54) is 0 Å². The van der Waals surface area contributed by atoms with Crippen LogP contribution < -0.4 is 0 Å². The van der Waals surface area contributed by atoms with Crippen molar-refractivity contribution < 1.29 is 17.0 Å².